The Morgan fingerprint density at radius 2 is 2.12 bits per heavy atom. The molecule has 5 heteroatoms. The van der Waals surface area contributed by atoms with Crippen molar-refractivity contribution in [3.05, 3.63) is 48.3 Å². The minimum Gasteiger partial charge on any atom is -0.481 e. The van der Waals surface area contributed by atoms with E-state index in [4.69, 9.17) is 5.11 Å². The van der Waals surface area contributed by atoms with Crippen LogP contribution in [0.4, 0.5) is 4.39 Å². The summed E-state index contributed by atoms with van der Waals surface area (Å²) in [6.07, 6.45) is 5.21. The van der Waals surface area contributed by atoms with Gasteiger partial charge in [-0.2, -0.15) is 0 Å². The van der Waals surface area contributed by atoms with Crippen molar-refractivity contribution in [3.8, 4) is 11.1 Å². The van der Waals surface area contributed by atoms with Crippen LogP contribution in [-0.2, 0) is 11.2 Å². The van der Waals surface area contributed by atoms with Gasteiger partial charge in [-0.05, 0) is 6.07 Å². The van der Waals surface area contributed by atoms with Crippen molar-refractivity contribution in [2.75, 3.05) is 0 Å². The lowest BCUT2D eigenvalue weighted by Gasteiger charge is -2.07. The van der Waals surface area contributed by atoms with Gasteiger partial charge in [0.2, 0.25) is 0 Å². The van der Waals surface area contributed by atoms with Crippen LogP contribution in [0.1, 0.15) is 5.56 Å². The molecule has 0 bridgehead atoms. The molecule has 2 rings (SSSR count). The molecule has 2 heterocycles. The lowest BCUT2D eigenvalue weighted by molar-refractivity contribution is -0.136. The topological polar surface area (TPSA) is 63.1 Å². The van der Waals surface area contributed by atoms with Gasteiger partial charge in [0, 0.05) is 35.3 Å². The maximum Gasteiger partial charge on any atom is 0.307 e. The van der Waals surface area contributed by atoms with Crippen molar-refractivity contribution in [1.29, 1.82) is 0 Å². The summed E-state index contributed by atoms with van der Waals surface area (Å²) in [4.78, 5) is 18.3. The molecule has 2 aromatic heterocycles. The Hall–Kier alpha value is -2.30. The van der Waals surface area contributed by atoms with Crippen LogP contribution in [-0.4, -0.2) is 21.0 Å². The maximum atomic E-state index is 13.5. The molecule has 0 atom stereocenters. The van der Waals surface area contributed by atoms with E-state index in [1.807, 2.05) is 0 Å². The van der Waals surface area contributed by atoms with E-state index in [-0.39, 0.29) is 12.0 Å². The first-order valence-corrected chi connectivity index (χ1v) is 4.93. The summed E-state index contributed by atoms with van der Waals surface area (Å²) in [5.74, 6) is -1.70. The van der Waals surface area contributed by atoms with Crippen molar-refractivity contribution in [1.82, 2.24) is 9.97 Å². The number of nitrogens with zero attached hydrogens (tertiary/aromatic N) is 2. The zero-order chi connectivity index (χ0) is 12.3. The fourth-order valence-corrected chi connectivity index (χ4v) is 1.56. The maximum absolute atomic E-state index is 13.5. The fourth-order valence-electron chi connectivity index (χ4n) is 1.56. The number of rotatable bonds is 3. The van der Waals surface area contributed by atoms with Gasteiger partial charge in [-0.1, -0.05) is 6.07 Å². The van der Waals surface area contributed by atoms with Gasteiger partial charge < -0.3 is 5.11 Å². The standard InChI is InChI=1S/C12H9FN2O2/c13-11-7-15-6-10(9(11)4-12(16)17)8-2-1-3-14-5-8/h1-3,5-7H,4H2,(H,16,17). The quantitative estimate of drug-likeness (QED) is 0.877. The SMILES string of the molecule is O=C(O)Cc1c(F)cncc1-c1cccnc1. The highest BCUT2D eigenvalue weighted by atomic mass is 19.1. The molecule has 4 nitrogen and oxygen atoms in total. The van der Waals surface area contributed by atoms with Crippen LogP contribution < -0.4 is 0 Å². The Bertz CT molecular complexity index is 543. The summed E-state index contributed by atoms with van der Waals surface area (Å²) >= 11 is 0. The highest BCUT2D eigenvalue weighted by Gasteiger charge is 2.14. The largest absolute Gasteiger partial charge is 0.481 e. The molecule has 0 saturated carbocycles. The van der Waals surface area contributed by atoms with Gasteiger partial charge in [0.15, 0.2) is 0 Å². The number of aromatic nitrogens is 2. The second kappa shape index (κ2) is 4.69. The molecule has 86 valence electrons. The summed E-state index contributed by atoms with van der Waals surface area (Å²) in [7, 11) is 0. The third kappa shape index (κ3) is 2.44. The molecule has 0 radical (unpaired) electrons. The van der Waals surface area contributed by atoms with E-state index < -0.39 is 11.8 Å². The summed E-state index contributed by atoms with van der Waals surface area (Å²) < 4.78 is 13.5. The van der Waals surface area contributed by atoms with Gasteiger partial charge >= 0.3 is 5.97 Å². The molecule has 0 saturated heterocycles. The molecule has 17 heavy (non-hydrogen) atoms. The van der Waals surface area contributed by atoms with Crippen molar-refractivity contribution in [2.24, 2.45) is 0 Å². The number of hydrogen-bond acceptors (Lipinski definition) is 3. The van der Waals surface area contributed by atoms with Gasteiger partial charge in [0.25, 0.3) is 0 Å². The first-order chi connectivity index (χ1) is 8.18. The molecular formula is C12H9FN2O2. The van der Waals surface area contributed by atoms with Crippen molar-refractivity contribution in [3.63, 3.8) is 0 Å². The van der Waals surface area contributed by atoms with Gasteiger partial charge in [-0.25, -0.2) is 4.39 Å². The molecule has 0 aromatic carbocycles. The average Bonchev–Trinajstić information content (AvgIpc) is 2.32. The molecule has 0 amide bonds. The first-order valence-electron chi connectivity index (χ1n) is 4.93. The number of carboxylic acid groups (broad SMARTS) is 1. The zero-order valence-corrected chi connectivity index (χ0v) is 8.80. The zero-order valence-electron chi connectivity index (χ0n) is 8.80. The van der Waals surface area contributed by atoms with Gasteiger partial charge in [0.1, 0.15) is 5.82 Å². The van der Waals surface area contributed by atoms with Gasteiger partial charge in [0.05, 0.1) is 12.6 Å². The second-order valence-corrected chi connectivity index (χ2v) is 3.46. The Morgan fingerprint density at radius 1 is 1.29 bits per heavy atom. The van der Waals surface area contributed by atoms with E-state index in [2.05, 4.69) is 9.97 Å². The summed E-state index contributed by atoms with van der Waals surface area (Å²) in [6.45, 7) is 0. The molecule has 0 aliphatic heterocycles. The normalized spacial score (nSPS) is 10.2. The van der Waals surface area contributed by atoms with E-state index in [1.54, 1.807) is 24.5 Å². The summed E-state index contributed by atoms with van der Waals surface area (Å²) in [5, 5.41) is 8.76. The van der Waals surface area contributed by atoms with Crippen LogP contribution in [0.5, 0.6) is 0 Å². The minimum atomic E-state index is -1.08. The highest BCUT2D eigenvalue weighted by Crippen LogP contribution is 2.24. The molecule has 0 spiro atoms. The average molecular weight is 232 g/mol. The predicted molar refractivity (Wildman–Crippen MR) is 58.8 cm³/mol. The van der Waals surface area contributed by atoms with E-state index >= 15 is 0 Å². The highest BCUT2D eigenvalue weighted by molar-refractivity contribution is 5.76. The van der Waals surface area contributed by atoms with E-state index in [1.165, 1.54) is 6.20 Å². The van der Waals surface area contributed by atoms with E-state index in [9.17, 15) is 9.18 Å². The van der Waals surface area contributed by atoms with Crippen molar-refractivity contribution >= 4 is 5.97 Å². The minimum absolute atomic E-state index is 0.125. The molecule has 0 unspecified atom stereocenters. The van der Waals surface area contributed by atoms with E-state index in [0.717, 1.165) is 6.20 Å². The number of carbonyl (C=O) groups is 1. The van der Waals surface area contributed by atoms with Crippen LogP contribution in [0.25, 0.3) is 11.1 Å². The number of halogens is 1. The van der Waals surface area contributed by atoms with Gasteiger partial charge in [-0.15, -0.1) is 0 Å². The van der Waals surface area contributed by atoms with Crippen LogP contribution in [0.3, 0.4) is 0 Å². The molecule has 0 fully saturated rings. The third-order valence-corrected chi connectivity index (χ3v) is 2.31. The molecular weight excluding hydrogens is 223 g/mol. The number of aliphatic carboxylic acids is 1. The van der Waals surface area contributed by atoms with Crippen LogP contribution >= 0.6 is 0 Å². The second-order valence-electron chi connectivity index (χ2n) is 3.46. The Balaban J connectivity index is 2.54. The van der Waals surface area contributed by atoms with Crippen molar-refractivity contribution in [2.45, 2.75) is 6.42 Å². The lowest BCUT2D eigenvalue weighted by atomic mass is 10.0. The summed E-state index contributed by atoms with van der Waals surface area (Å²) in [5.41, 5.74) is 1.23. The first kappa shape index (κ1) is 11.2. The van der Waals surface area contributed by atoms with Crippen LogP contribution in [0.15, 0.2) is 36.9 Å². The van der Waals surface area contributed by atoms with Crippen LogP contribution in [0, 0.1) is 5.82 Å². The Morgan fingerprint density at radius 3 is 2.76 bits per heavy atom. The fraction of sp³-hybridized carbons (Fsp3) is 0.0833. The molecule has 1 N–H and O–H groups in total. The Labute approximate surface area is 96.8 Å². The smallest absolute Gasteiger partial charge is 0.307 e. The lowest BCUT2D eigenvalue weighted by Crippen LogP contribution is -2.05. The van der Waals surface area contributed by atoms with Crippen molar-refractivity contribution < 1.29 is 14.3 Å². The monoisotopic (exact) mass is 232 g/mol. The number of carboxylic acids is 1. The predicted octanol–water partition coefficient (Wildman–Crippen LogP) is 1.91. The summed E-state index contributed by atoms with van der Waals surface area (Å²) in [6, 6.07) is 3.43. The number of pyridine rings is 2. The third-order valence-electron chi connectivity index (χ3n) is 2.31. The molecule has 2 aromatic rings. The molecule has 0 aliphatic carbocycles. The van der Waals surface area contributed by atoms with Gasteiger partial charge in [-0.3, -0.25) is 14.8 Å². The van der Waals surface area contributed by atoms with Crippen LogP contribution in [0.2, 0.25) is 0 Å². The van der Waals surface area contributed by atoms with E-state index in [0.29, 0.717) is 11.1 Å². The Kier molecular flexibility index (Phi) is 3.09. The number of hydrogen-bond donors (Lipinski definition) is 1. The molecule has 0 aliphatic rings.